The molecule has 3 aromatic rings. The van der Waals surface area contributed by atoms with Crippen LogP contribution in [0.2, 0.25) is 0 Å². The molecule has 1 aliphatic heterocycles. The van der Waals surface area contributed by atoms with Crippen molar-refractivity contribution in [2.45, 2.75) is 18.2 Å². The van der Waals surface area contributed by atoms with Crippen molar-refractivity contribution in [3.8, 4) is 17.2 Å². The van der Waals surface area contributed by atoms with Crippen LogP contribution < -0.4 is 14.8 Å². The molecule has 1 amide bonds. The molecule has 1 saturated heterocycles. The van der Waals surface area contributed by atoms with Gasteiger partial charge in [-0.05, 0) is 54.4 Å². The SMILES string of the molecule is COc1cc(CC(=O)Nc2cc(S(=O)(=O)N3CCOCC3)ccc2Oc2ccccc2)ccc1C. The number of ether oxygens (including phenoxy) is 3. The van der Waals surface area contributed by atoms with Gasteiger partial charge in [0.05, 0.1) is 37.3 Å². The minimum absolute atomic E-state index is 0.0760. The van der Waals surface area contributed by atoms with Crippen molar-refractivity contribution >= 4 is 21.6 Å². The van der Waals surface area contributed by atoms with Gasteiger partial charge in [-0.1, -0.05) is 30.3 Å². The van der Waals surface area contributed by atoms with Crippen LogP contribution >= 0.6 is 0 Å². The highest BCUT2D eigenvalue weighted by Crippen LogP contribution is 2.33. The van der Waals surface area contributed by atoms with Crippen LogP contribution in [0, 0.1) is 6.92 Å². The summed E-state index contributed by atoms with van der Waals surface area (Å²) in [5.41, 5.74) is 2.01. The summed E-state index contributed by atoms with van der Waals surface area (Å²) in [5, 5.41) is 2.83. The molecule has 0 radical (unpaired) electrons. The molecule has 0 aliphatic carbocycles. The van der Waals surface area contributed by atoms with E-state index < -0.39 is 10.0 Å². The van der Waals surface area contributed by atoms with Crippen molar-refractivity contribution < 1.29 is 27.4 Å². The number of rotatable bonds is 8. The van der Waals surface area contributed by atoms with Crippen LogP contribution in [-0.2, 0) is 26.0 Å². The Kier molecular flexibility index (Phi) is 7.70. The number of carbonyl (C=O) groups is 1. The minimum atomic E-state index is -3.75. The van der Waals surface area contributed by atoms with E-state index in [4.69, 9.17) is 14.2 Å². The van der Waals surface area contributed by atoms with Crippen LogP contribution in [0.1, 0.15) is 11.1 Å². The Morgan fingerprint density at radius 2 is 1.74 bits per heavy atom. The van der Waals surface area contributed by atoms with E-state index in [1.165, 1.54) is 16.4 Å². The van der Waals surface area contributed by atoms with Gasteiger partial charge in [-0.15, -0.1) is 0 Å². The average molecular weight is 497 g/mol. The molecule has 8 nitrogen and oxygen atoms in total. The quantitative estimate of drug-likeness (QED) is 0.507. The summed E-state index contributed by atoms with van der Waals surface area (Å²) in [4.78, 5) is 13.0. The average Bonchev–Trinajstić information content (AvgIpc) is 2.87. The predicted octanol–water partition coefficient (Wildman–Crippen LogP) is 4.00. The Morgan fingerprint density at radius 1 is 1.00 bits per heavy atom. The molecule has 1 fully saturated rings. The van der Waals surface area contributed by atoms with E-state index in [1.54, 1.807) is 25.3 Å². The van der Waals surface area contributed by atoms with E-state index in [-0.39, 0.29) is 36.0 Å². The lowest BCUT2D eigenvalue weighted by molar-refractivity contribution is -0.115. The number of carbonyl (C=O) groups excluding carboxylic acids is 1. The molecule has 9 heteroatoms. The van der Waals surface area contributed by atoms with Gasteiger partial charge in [0.25, 0.3) is 0 Å². The number of hydrogen-bond donors (Lipinski definition) is 1. The molecule has 35 heavy (non-hydrogen) atoms. The molecule has 0 unspecified atom stereocenters. The number of sulfonamides is 1. The number of nitrogens with zero attached hydrogens (tertiary/aromatic N) is 1. The lowest BCUT2D eigenvalue weighted by Crippen LogP contribution is -2.40. The van der Waals surface area contributed by atoms with Crippen LogP contribution in [0.15, 0.2) is 71.6 Å². The fourth-order valence-corrected chi connectivity index (χ4v) is 5.20. The zero-order valence-corrected chi connectivity index (χ0v) is 20.5. The van der Waals surface area contributed by atoms with Crippen molar-refractivity contribution in [2.24, 2.45) is 0 Å². The van der Waals surface area contributed by atoms with Gasteiger partial charge >= 0.3 is 0 Å². The van der Waals surface area contributed by atoms with E-state index in [1.807, 2.05) is 43.3 Å². The lowest BCUT2D eigenvalue weighted by atomic mass is 10.1. The highest BCUT2D eigenvalue weighted by molar-refractivity contribution is 7.89. The number of methoxy groups -OCH3 is 1. The predicted molar refractivity (Wildman–Crippen MR) is 133 cm³/mol. The van der Waals surface area contributed by atoms with E-state index in [0.717, 1.165) is 11.1 Å². The summed E-state index contributed by atoms with van der Waals surface area (Å²) in [5.74, 6) is 1.29. The van der Waals surface area contributed by atoms with E-state index >= 15 is 0 Å². The molecule has 1 N–H and O–H groups in total. The van der Waals surface area contributed by atoms with Crippen LogP contribution in [0.3, 0.4) is 0 Å². The van der Waals surface area contributed by atoms with Crippen molar-refractivity contribution in [2.75, 3.05) is 38.7 Å². The van der Waals surface area contributed by atoms with Gasteiger partial charge in [0, 0.05) is 13.1 Å². The molecule has 4 rings (SSSR count). The van der Waals surface area contributed by atoms with Crippen LogP contribution in [-0.4, -0.2) is 52.0 Å². The maximum absolute atomic E-state index is 13.2. The molecule has 0 saturated carbocycles. The van der Waals surface area contributed by atoms with E-state index in [2.05, 4.69) is 5.32 Å². The third kappa shape index (κ3) is 6.00. The summed E-state index contributed by atoms with van der Waals surface area (Å²) in [6.45, 7) is 3.18. The first-order chi connectivity index (χ1) is 16.9. The molecule has 0 bridgehead atoms. The van der Waals surface area contributed by atoms with Gasteiger partial charge < -0.3 is 19.5 Å². The summed E-state index contributed by atoms with van der Waals surface area (Å²) >= 11 is 0. The second kappa shape index (κ2) is 10.9. The minimum Gasteiger partial charge on any atom is -0.496 e. The maximum atomic E-state index is 13.2. The normalized spacial score (nSPS) is 14.3. The molecular formula is C26H28N2O6S. The standard InChI is InChI=1S/C26H28N2O6S/c1-19-8-9-20(16-25(19)32-2)17-26(29)27-23-18-22(35(30,31)28-12-14-33-15-13-28)10-11-24(23)34-21-6-4-3-5-7-21/h3-11,16,18H,12-15,17H2,1-2H3,(H,27,29). The third-order valence-corrected chi connectivity index (χ3v) is 7.54. The monoisotopic (exact) mass is 496 g/mol. The molecule has 0 atom stereocenters. The topological polar surface area (TPSA) is 94.2 Å². The molecule has 184 valence electrons. The number of anilines is 1. The van der Waals surface area contributed by atoms with Gasteiger partial charge in [-0.25, -0.2) is 8.42 Å². The molecule has 0 aromatic heterocycles. The smallest absolute Gasteiger partial charge is 0.243 e. The van der Waals surface area contributed by atoms with E-state index in [0.29, 0.717) is 30.5 Å². The molecule has 3 aromatic carbocycles. The second-order valence-corrected chi connectivity index (χ2v) is 10.1. The van der Waals surface area contributed by atoms with Crippen molar-refractivity contribution in [1.82, 2.24) is 4.31 Å². The number of benzene rings is 3. The van der Waals surface area contributed by atoms with Crippen LogP contribution in [0.25, 0.3) is 0 Å². The number of para-hydroxylation sites is 1. The molecule has 1 aliphatic rings. The first-order valence-corrected chi connectivity index (χ1v) is 12.7. The fourth-order valence-electron chi connectivity index (χ4n) is 3.76. The lowest BCUT2D eigenvalue weighted by Gasteiger charge is -2.26. The van der Waals surface area contributed by atoms with Crippen LogP contribution in [0.4, 0.5) is 5.69 Å². The van der Waals surface area contributed by atoms with Crippen molar-refractivity contribution in [3.63, 3.8) is 0 Å². The highest BCUT2D eigenvalue weighted by Gasteiger charge is 2.27. The Bertz CT molecular complexity index is 1290. The zero-order valence-electron chi connectivity index (χ0n) is 19.7. The number of morpholine rings is 1. The summed E-state index contributed by atoms with van der Waals surface area (Å²) < 4.78 is 44.4. The zero-order chi connectivity index (χ0) is 24.8. The van der Waals surface area contributed by atoms with Crippen molar-refractivity contribution in [1.29, 1.82) is 0 Å². The summed E-state index contributed by atoms with van der Waals surface area (Å²) in [6.07, 6.45) is 0.0852. The number of hydrogen-bond acceptors (Lipinski definition) is 6. The highest BCUT2D eigenvalue weighted by atomic mass is 32.2. The molecule has 1 heterocycles. The summed E-state index contributed by atoms with van der Waals surface area (Å²) in [6, 6.07) is 19.1. The van der Waals surface area contributed by atoms with E-state index in [9.17, 15) is 13.2 Å². The number of nitrogens with one attached hydrogen (secondary N) is 1. The second-order valence-electron chi connectivity index (χ2n) is 8.12. The van der Waals surface area contributed by atoms with Crippen LogP contribution in [0.5, 0.6) is 17.2 Å². The van der Waals surface area contributed by atoms with Gasteiger partial charge in [0.1, 0.15) is 11.5 Å². The van der Waals surface area contributed by atoms with Crippen molar-refractivity contribution in [3.05, 3.63) is 77.9 Å². The third-order valence-electron chi connectivity index (χ3n) is 5.64. The molecular weight excluding hydrogens is 468 g/mol. The fraction of sp³-hybridized carbons (Fsp3) is 0.269. The first kappa shape index (κ1) is 24.7. The summed E-state index contributed by atoms with van der Waals surface area (Å²) in [7, 11) is -2.17. The first-order valence-electron chi connectivity index (χ1n) is 11.2. The van der Waals surface area contributed by atoms with Gasteiger partial charge in [0.2, 0.25) is 15.9 Å². The number of amides is 1. The number of aryl methyl sites for hydroxylation is 1. The Morgan fingerprint density at radius 3 is 2.46 bits per heavy atom. The maximum Gasteiger partial charge on any atom is 0.243 e. The Hall–Kier alpha value is -3.40. The van der Waals surface area contributed by atoms with Gasteiger partial charge in [-0.2, -0.15) is 4.31 Å². The largest absolute Gasteiger partial charge is 0.496 e. The Balaban J connectivity index is 1.62. The molecule has 0 spiro atoms. The van der Waals surface area contributed by atoms with Gasteiger partial charge in [0.15, 0.2) is 5.75 Å². The van der Waals surface area contributed by atoms with Gasteiger partial charge in [-0.3, -0.25) is 4.79 Å². The Labute approximate surface area is 205 Å².